The second-order valence-electron chi connectivity index (χ2n) is 6.27. The molecule has 0 fully saturated rings. The molecular weight excluding hydrogens is 302 g/mol. The fourth-order valence-electron chi connectivity index (χ4n) is 2.56. The van der Waals surface area contributed by atoms with Gasteiger partial charge in [-0.1, -0.05) is 6.07 Å². The lowest BCUT2D eigenvalue weighted by molar-refractivity contribution is 0.0943. The predicted molar refractivity (Wildman–Crippen MR) is 95.8 cm³/mol. The first-order valence-electron chi connectivity index (χ1n) is 8.08. The predicted octanol–water partition coefficient (Wildman–Crippen LogP) is 4.03. The van der Waals surface area contributed by atoms with Gasteiger partial charge in [-0.05, 0) is 69.2 Å². The van der Waals surface area contributed by atoms with Crippen LogP contribution < -0.4 is 14.8 Å². The van der Waals surface area contributed by atoms with Crippen LogP contribution in [0.4, 0.5) is 0 Å². The van der Waals surface area contributed by atoms with E-state index in [1.165, 1.54) is 0 Å². The van der Waals surface area contributed by atoms with E-state index < -0.39 is 0 Å². The Morgan fingerprint density at radius 3 is 2.33 bits per heavy atom. The summed E-state index contributed by atoms with van der Waals surface area (Å²) in [4.78, 5) is 12.2. The molecule has 0 heterocycles. The molecule has 0 spiro atoms. The molecule has 0 atom stereocenters. The lowest BCUT2D eigenvalue weighted by Crippen LogP contribution is -2.30. The third kappa shape index (κ3) is 4.75. The van der Waals surface area contributed by atoms with Gasteiger partial charge in [-0.25, -0.2) is 0 Å². The zero-order valence-electron chi connectivity index (χ0n) is 15.0. The molecule has 2 rings (SSSR count). The summed E-state index contributed by atoms with van der Waals surface area (Å²) in [6.07, 6.45) is 0. The summed E-state index contributed by atoms with van der Waals surface area (Å²) in [5.41, 5.74) is 3.75. The van der Waals surface area contributed by atoms with Crippen molar-refractivity contribution in [3.8, 4) is 11.5 Å². The Hall–Kier alpha value is -2.49. The molecule has 0 aliphatic heterocycles. The number of methoxy groups -OCH3 is 1. The molecule has 1 N–H and O–H groups in total. The van der Waals surface area contributed by atoms with Crippen molar-refractivity contribution in [1.29, 1.82) is 0 Å². The Morgan fingerprint density at radius 2 is 1.75 bits per heavy atom. The SMILES string of the molecule is COc1ccc(C(=O)NC(C)C)cc1COc1cc(C)cc(C)c1. The molecule has 24 heavy (non-hydrogen) atoms. The van der Waals surface area contributed by atoms with E-state index in [4.69, 9.17) is 9.47 Å². The average Bonchev–Trinajstić information content (AvgIpc) is 2.51. The average molecular weight is 327 g/mol. The van der Waals surface area contributed by atoms with Gasteiger partial charge in [0, 0.05) is 17.2 Å². The molecule has 0 radical (unpaired) electrons. The summed E-state index contributed by atoms with van der Waals surface area (Å²) >= 11 is 0. The highest BCUT2D eigenvalue weighted by Crippen LogP contribution is 2.23. The Bertz CT molecular complexity index is 703. The van der Waals surface area contributed by atoms with Crippen LogP contribution in [0.5, 0.6) is 11.5 Å². The van der Waals surface area contributed by atoms with Crippen molar-refractivity contribution >= 4 is 5.91 Å². The Kier molecular flexibility index (Phi) is 5.85. The lowest BCUT2D eigenvalue weighted by Gasteiger charge is -2.14. The summed E-state index contributed by atoms with van der Waals surface area (Å²) in [6, 6.07) is 11.6. The number of hydrogen-bond donors (Lipinski definition) is 1. The summed E-state index contributed by atoms with van der Waals surface area (Å²) in [7, 11) is 1.61. The van der Waals surface area contributed by atoms with Crippen molar-refractivity contribution in [2.24, 2.45) is 0 Å². The van der Waals surface area contributed by atoms with Gasteiger partial charge in [-0.2, -0.15) is 0 Å². The molecule has 2 aromatic carbocycles. The van der Waals surface area contributed by atoms with Gasteiger partial charge in [0.05, 0.1) is 7.11 Å². The first-order valence-corrected chi connectivity index (χ1v) is 8.08. The number of carbonyl (C=O) groups excluding carboxylic acids is 1. The van der Waals surface area contributed by atoms with Crippen molar-refractivity contribution in [2.45, 2.75) is 40.3 Å². The maximum atomic E-state index is 12.2. The van der Waals surface area contributed by atoms with Gasteiger partial charge in [-0.3, -0.25) is 4.79 Å². The van der Waals surface area contributed by atoms with Gasteiger partial charge in [0.15, 0.2) is 0 Å². The number of benzene rings is 2. The number of rotatable bonds is 6. The van der Waals surface area contributed by atoms with Crippen molar-refractivity contribution < 1.29 is 14.3 Å². The molecule has 0 aliphatic carbocycles. The zero-order valence-corrected chi connectivity index (χ0v) is 15.0. The molecule has 4 heteroatoms. The van der Waals surface area contributed by atoms with Crippen LogP contribution in [0.3, 0.4) is 0 Å². The first kappa shape index (κ1) is 17.9. The number of hydrogen-bond acceptors (Lipinski definition) is 3. The molecule has 2 aromatic rings. The largest absolute Gasteiger partial charge is 0.496 e. The van der Waals surface area contributed by atoms with Crippen LogP contribution in [-0.2, 0) is 6.61 Å². The fraction of sp³-hybridized carbons (Fsp3) is 0.350. The van der Waals surface area contributed by atoms with Crippen LogP contribution in [0.25, 0.3) is 0 Å². The van der Waals surface area contributed by atoms with Gasteiger partial charge in [-0.15, -0.1) is 0 Å². The minimum absolute atomic E-state index is 0.0922. The van der Waals surface area contributed by atoms with E-state index in [0.717, 1.165) is 22.4 Å². The van der Waals surface area contributed by atoms with Gasteiger partial charge < -0.3 is 14.8 Å². The van der Waals surface area contributed by atoms with Gasteiger partial charge in [0.2, 0.25) is 0 Å². The summed E-state index contributed by atoms with van der Waals surface area (Å²) in [5.74, 6) is 1.42. The van der Waals surface area contributed by atoms with Crippen LogP contribution in [0.1, 0.15) is 40.9 Å². The topological polar surface area (TPSA) is 47.6 Å². The van der Waals surface area contributed by atoms with Crippen LogP contribution in [0.2, 0.25) is 0 Å². The van der Waals surface area contributed by atoms with Crippen molar-refractivity contribution in [2.75, 3.05) is 7.11 Å². The monoisotopic (exact) mass is 327 g/mol. The van der Waals surface area contributed by atoms with E-state index in [9.17, 15) is 4.79 Å². The van der Waals surface area contributed by atoms with Gasteiger partial charge in [0.1, 0.15) is 18.1 Å². The quantitative estimate of drug-likeness (QED) is 0.871. The van der Waals surface area contributed by atoms with E-state index in [1.54, 1.807) is 19.2 Å². The van der Waals surface area contributed by atoms with Crippen LogP contribution in [-0.4, -0.2) is 19.1 Å². The van der Waals surface area contributed by atoms with Crippen LogP contribution >= 0.6 is 0 Å². The van der Waals surface area contributed by atoms with E-state index in [-0.39, 0.29) is 11.9 Å². The highest BCUT2D eigenvalue weighted by Gasteiger charge is 2.12. The third-order valence-electron chi connectivity index (χ3n) is 3.55. The second-order valence-corrected chi connectivity index (χ2v) is 6.27. The first-order chi connectivity index (χ1) is 11.4. The second kappa shape index (κ2) is 7.86. The maximum absolute atomic E-state index is 12.2. The molecule has 0 aromatic heterocycles. The van der Waals surface area contributed by atoms with Crippen molar-refractivity contribution in [3.63, 3.8) is 0 Å². The molecular formula is C20H25NO3. The van der Waals surface area contributed by atoms with E-state index in [0.29, 0.717) is 17.9 Å². The van der Waals surface area contributed by atoms with Crippen LogP contribution in [0, 0.1) is 13.8 Å². The fourth-order valence-corrected chi connectivity index (χ4v) is 2.56. The highest BCUT2D eigenvalue weighted by atomic mass is 16.5. The molecule has 0 saturated heterocycles. The summed E-state index contributed by atoms with van der Waals surface area (Å²) in [5, 5.41) is 2.89. The Labute approximate surface area is 143 Å². The normalized spacial score (nSPS) is 10.6. The molecule has 4 nitrogen and oxygen atoms in total. The number of carbonyl (C=O) groups is 1. The van der Waals surface area contributed by atoms with Crippen molar-refractivity contribution in [3.05, 3.63) is 58.7 Å². The summed E-state index contributed by atoms with van der Waals surface area (Å²) < 4.78 is 11.3. The molecule has 0 aliphatic rings. The van der Waals surface area contributed by atoms with Crippen LogP contribution in [0.15, 0.2) is 36.4 Å². The maximum Gasteiger partial charge on any atom is 0.251 e. The Morgan fingerprint density at radius 1 is 1.08 bits per heavy atom. The summed E-state index contributed by atoms with van der Waals surface area (Å²) in [6.45, 7) is 8.29. The molecule has 1 amide bonds. The molecule has 0 saturated carbocycles. The highest BCUT2D eigenvalue weighted by molar-refractivity contribution is 5.94. The third-order valence-corrected chi connectivity index (χ3v) is 3.55. The zero-order chi connectivity index (χ0) is 17.7. The smallest absolute Gasteiger partial charge is 0.251 e. The van der Waals surface area contributed by atoms with Gasteiger partial charge in [0.25, 0.3) is 5.91 Å². The molecule has 128 valence electrons. The van der Waals surface area contributed by atoms with E-state index in [1.807, 2.05) is 45.9 Å². The number of nitrogens with one attached hydrogen (secondary N) is 1. The number of aryl methyl sites for hydroxylation is 2. The van der Waals surface area contributed by atoms with E-state index in [2.05, 4.69) is 11.4 Å². The molecule has 0 bridgehead atoms. The van der Waals surface area contributed by atoms with E-state index >= 15 is 0 Å². The van der Waals surface area contributed by atoms with Crippen molar-refractivity contribution in [1.82, 2.24) is 5.32 Å². The minimum atomic E-state index is -0.0969. The Balaban J connectivity index is 2.19. The standard InChI is InChI=1S/C20H25NO3/c1-13(2)21-20(22)16-6-7-19(23-5)17(11-16)12-24-18-9-14(3)8-15(4)10-18/h6-11,13H,12H2,1-5H3,(H,21,22). The molecule has 0 unspecified atom stereocenters. The lowest BCUT2D eigenvalue weighted by atomic mass is 10.1. The minimum Gasteiger partial charge on any atom is -0.496 e. The number of amides is 1. The number of ether oxygens (including phenoxy) is 2. The van der Waals surface area contributed by atoms with Gasteiger partial charge >= 0.3 is 0 Å².